The van der Waals surface area contributed by atoms with E-state index >= 15 is 0 Å². The van der Waals surface area contributed by atoms with Crippen LogP contribution in [-0.2, 0) is 11.2 Å². The molecule has 134 valence electrons. The zero-order valence-corrected chi connectivity index (χ0v) is 15.6. The van der Waals surface area contributed by atoms with Crippen LogP contribution < -0.4 is 10.6 Å². The Balaban J connectivity index is 2.10. The number of rotatable bonds is 9. The van der Waals surface area contributed by atoms with Crippen molar-refractivity contribution >= 4 is 12.1 Å². The van der Waals surface area contributed by atoms with Gasteiger partial charge in [0.05, 0.1) is 0 Å². The highest BCUT2D eigenvalue weighted by molar-refractivity contribution is 5.77. The lowest BCUT2D eigenvalue weighted by molar-refractivity contribution is -0.107. The molecule has 1 unspecified atom stereocenters. The maximum atomic E-state index is 11.5. The van der Waals surface area contributed by atoms with E-state index in [1.807, 2.05) is 12.1 Å². The second kappa shape index (κ2) is 9.38. The van der Waals surface area contributed by atoms with Crippen LogP contribution in [0.5, 0.6) is 0 Å². The fourth-order valence-electron chi connectivity index (χ4n) is 2.92. The van der Waals surface area contributed by atoms with Gasteiger partial charge in [-0.3, -0.25) is 4.79 Å². The summed E-state index contributed by atoms with van der Waals surface area (Å²) in [5.74, 6) is 0.392. The lowest BCUT2D eigenvalue weighted by Crippen LogP contribution is -2.40. The van der Waals surface area contributed by atoms with Gasteiger partial charge in [-0.2, -0.15) is 0 Å². The molecule has 0 saturated carbocycles. The van der Waals surface area contributed by atoms with Crippen molar-refractivity contribution in [3.63, 3.8) is 0 Å². The average molecular weight is 338 g/mol. The molecule has 0 spiro atoms. The minimum absolute atomic E-state index is 0.0130. The number of amides is 1. The molecule has 3 nitrogen and oxygen atoms in total. The zero-order valence-electron chi connectivity index (χ0n) is 15.6. The van der Waals surface area contributed by atoms with E-state index < -0.39 is 0 Å². The lowest BCUT2D eigenvalue weighted by atomic mass is 9.99. The molecule has 0 fully saturated rings. The summed E-state index contributed by atoms with van der Waals surface area (Å²) < 4.78 is 0. The van der Waals surface area contributed by atoms with Gasteiger partial charge in [-0.05, 0) is 41.2 Å². The zero-order chi connectivity index (χ0) is 18.2. The van der Waals surface area contributed by atoms with Crippen molar-refractivity contribution in [1.82, 2.24) is 0 Å². The Hall–Kier alpha value is -2.13. The first-order valence-electron chi connectivity index (χ1n) is 9.25. The largest absolute Gasteiger partial charge is 0.326 e. The second-order valence-electron chi connectivity index (χ2n) is 6.80. The molecule has 0 aliphatic carbocycles. The molecule has 1 amide bonds. The average Bonchev–Trinajstić information content (AvgIpc) is 2.66. The van der Waals surface area contributed by atoms with Crippen LogP contribution in [0.15, 0.2) is 48.5 Å². The Morgan fingerprint density at radius 2 is 1.56 bits per heavy atom. The first kappa shape index (κ1) is 19.2. The van der Waals surface area contributed by atoms with Crippen molar-refractivity contribution in [2.45, 2.75) is 46.1 Å². The van der Waals surface area contributed by atoms with Crippen molar-refractivity contribution in [2.24, 2.45) is 11.7 Å². The summed E-state index contributed by atoms with van der Waals surface area (Å²) in [5.41, 5.74) is 10.8. The van der Waals surface area contributed by atoms with Crippen molar-refractivity contribution in [2.75, 3.05) is 11.4 Å². The smallest absolute Gasteiger partial charge is 0.214 e. The summed E-state index contributed by atoms with van der Waals surface area (Å²) in [6.07, 6.45) is 4.16. The highest BCUT2D eigenvalue weighted by Crippen LogP contribution is 2.24. The van der Waals surface area contributed by atoms with Crippen LogP contribution in [0.3, 0.4) is 0 Å². The number of benzene rings is 2. The Labute approximate surface area is 151 Å². The van der Waals surface area contributed by atoms with Gasteiger partial charge >= 0.3 is 0 Å². The van der Waals surface area contributed by atoms with Crippen LogP contribution in [0.2, 0.25) is 0 Å². The van der Waals surface area contributed by atoms with Gasteiger partial charge < -0.3 is 10.6 Å². The molecular formula is C22H30N2O. The summed E-state index contributed by atoms with van der Waals surface area (Å²) in [6, 6.07) is 16.8. The summed E-state index contributed by atoms with van der Waals surface area (Å²) in [4.78, 5) is 13.2. The van der Waals surface area contributed by atoms with E-state index in [4.69, 9.17) is 5.73 Å². The molecule has 0 saturated heterocycles. The Bertz CT molecular complexity index is 649. The molecule has 0 bridgehead atoms. The van der Waals surface area contributed by atoms with Gasteiger partial charge in [-0.15, -0.1) is 0 Å². The second-order valence-corrected chi connectivity index (χ2v) is 6.80. The van der Waals surface area contributed by atoms with Crippen LogP contribution in [0, 0.1) is 5.92 Å². The lowest BCUT2D eigenvalue weighted by Gasteiger charge is -2.25. The Morgan fingerprint density at radius 3 is 2.04 bits per heavy atom. The fourth-order valence-corrected chi connectivity index (χ4v) is 2.92. The molecule has 0 aliphatic rings. The summed E-state index contributed by atoms with van der Waals surface area (Å²) >= 11 is 0. The van der Waals surface area contributed by atoms with E-state index in [9.17, 15) is 4.79 Å². The highest BCUT2D eigenvalue weighted by Gasteiger charge is 2.15. The number of hydrogen-bond donors (Lipinski definition) is 1. The summed E-state index contributed by atoms with van der Waals surface area (Å²) in [7, 11) is 0. The molecule has 0 aliphatic heterocycles. The normalized spacial score (nSPS) is 13.3. The highest BCUT2D eigenvalue weighted by atomic mass is 16.1. The fraction of sp³-hybridized carbons (Fsp3) is 0.409. The molecule has 0 radical (unpaired) electrons. The minimum atomic E-state index is -0.0130. The molecule has 2 aromatic carbocycles. The molecule has 0 heterocycles. The van der Waals surface area contributed by atoms with Gasteiger partial charge in [-0.25, -0.2) is 0 Å². The van der Waals surface area contributed by atoms with E-state index in [1.54, 1.807) is 4.90 Å². The van der Waals surface area contributed by atoms with Crippen molar-refractivity contribution < 1.29 is 4.79 Å². The van der Waals surface area contributed by atoms with Crippen molar-refractivity contribution in [3.05, 3.63) is 54.1 Å². The topological polar surface area (TPSA) is 46.3 Å². The Morgan fingerprint density at radius 1 is 1.00 bits per heavy atom. The predicted octanol–water partition coefficient (Wildman–Crippen LogP) is 4.64. The third-order valence-electron chi connectivity index (χ3n) is 4.93. The maximum absolute atomic E-state index is 11.5. The summed E-state index contributed by atoms with van der Waals surface area (Å²) in [5, 5.41) is 0. The molecule has 25 heavy (non-hydrogen) atoms. The number of anilines is 1. The summed E-state index contributed by atoms with van der Waals surface area (Å²) in [6.45, 7) is 6.98. The van der Waals surface area contributed by atoms with E-state index in [-0.39, 0.29) is 6.04 Å². The van der Waals surface area contributed by atoms with E-state index in [0.29, 0.717) is 12.5 Å². The standard InChI is InChI=1S/C22H30N2O/c1-4-6-18-7-9-19(10-8-18)20-11-13-21(14-12-20)24(16-25)15-22(23)17(3)5-2/h7-14,16-17,22H,4-6,15,23H2,1-3H3/t17-,22?/m0/s1. The first-order valence-corrected chi connectivity index (χ1v) is 9.25. The molecule has 3 heteroatoms. The third kappa shape index (κ3) is 5.17. The minimum Gasteiger partial charge on any atom is -0.326 e. The number of nitrogens with zero attached hydrogens (tertiary/aromatic N) is 1. The van der Waals surface area contributed by atoms with E-state index in [2.05, 4.69) is 57.2 Å². The number of carbonyl (C=O) groups excluding carboxylic acids is 1. The molecular weight excluding hydrogens is 308 g/mol. The molecule has 2 aromatic rings. The number of aryl methyl sites for hydroxylation is 1. The van der Waals surface area contributed by atoms with Gasteiger partial charge in [0.2, 0.25) is 6.41 Å². The molecule has 2 rings (SSSR count). The number of hydrogen-bond acceptors (Lipinski definition) is 2. The van der Waals surface area contributed by atoms with Crippen LogP contribution in [0.25, 0.3) is 11.1 Å². The van der Waals surface area contributed by atoms with E-state index in [1.165, 1.54) is 11.1 Å². The molecule has 2 atom stereocenters. The SMILES string of the molecule is CCCc1ccc(-c2ccc(N(C=O)CC(N)[C@@H](C)CC)cc2)cc1. The number of carbonyl (C=O) groups is 1. The van der Waals surface area contributed by atoms with Crippen molar-refractivity contribution in [3.8, 4) is 11.1 Å². The van der Waals surface area contributed by atoms with Crippen LogP contribution >= 0.6 is 0 Å². The third-order valence-corrected chi connectivity index (χ3v) is 4.93. The van der Waals surface area contributed by atoms with Gasteiger partial charge in [0.25, 0.3) is 0 Å². The maximum Gasteiger partial charge on any atom is 0.214 e. The Kier molecular flexibility index (Phi) is 7.20. The predicted molar refractivity (Wildman–Crippen MR) is 107 cm³/mol. The molecule has 0 aromatic heterocycles. The van der Waals surface area contributed by atoms with Gasteiger partial charge in [0, 0.05) is 18.3 Å². The van der Waals surface area contributed by atoms with E-state index in [0.717, 1.165) is 36.9 Å². The van der Waals surface area contributed by atoms with Gasteiger partial charge in [0.1, 0.15) is 0 Å². The monoisotopic (exact) mass is 338 g/mol. The van der Waals surface area contributed by atoms with Crippen LogP contribution in [-0.4, -0.2) is 19.0 Å². The first-order chi connectivity index (χ1) is 12.1. The van der Waals surface area contributed by atoms with Gasteiger partial charge in [0.15, 0.2) is 0 Å². The molecule has 2 N–H and O–H groups in total. The quantitative estimate of drug-likeness (QED) is 0.677. The van der Waals surface area contributed by atoms with Crippen LogP contribution in [0.4, 0.5) is 5.69 Å². The van der Waals surface area contributed by atoms with Crippen molar-refractivity contribution in [1.29, 1.82) is 0 Å². The van der Waals surface area contributed by atoms with Gasteiger partial charge in [-0.1, -0.05) is 70.0 Å². The van der Waals surface area contributed by atoms with Crippen LogP contribution in [0.1, 0.15) is 39.2 Å². The number of nitrogens with two attached hydrogens (primary N) is 1.